The summed E-state index contributed by atoms with van der Waals surface area (Å²) in [6.07, 6.45) is -1.12. The molecule has 0 radical (unpaired) electrons. The van der Waals surface area contributed by atoms with Crippen molar-refractivity contribution >= 4 is 0 Å². The van der Waals surface area contributed by atoms with Gasteiger partial charge in [0.2, 0.25) is 0 Å². The van der Waals surface area contributed by atoms with Gasteiger partial charge in [-0.05, 0) is 17.7 Å². The number of rotatable bonds is 3. The first-order valence-corrected chi connectivity index (χ1v) is 3.71. The van der Waals surface area contributed by atoms with E-state index in [1.165, 1.54) is 24.3 Å². The molecule has 1 nitrogen and oxygen atoms in total. The van der Waals surface area contributed by atoms with Gasteiger partial charge in [0.15, 0.2) is 0 Å². The molecule has 1 aromatic carbocycles. The van der Waals surface area contributed by atoms with Crippen LogP contribution in [0.25, 0.3) is 0 Å². The summed E-state index contributed by atoms with van der Waals surface area (Å²) < 4.78 is 24.9. The summed E-state index contributed by atoms with van der Waals surface area (Å²) in [4.78, 5) is 0. The maximum absolute atomic E-state index is 12.6. The highest BCUT2D eigenvalue weighted by Gasteiger charge is 2.05. The second-order valence-electron chi connectivity index (χ2n) is 2.61. The minimum Gasteiger partial charge on any atom is -0.393 e. The number of hydrogen-bond acceptors (Lipinski definition) is 1. The molecule has 12 heavy (non-hydrogen) atoms. The molecule has 0 spiro atoms. The number of alkyl halides is 1. The summed E-state index contributed by atoms with van der Waals surface area (Å²) in [7, 11) is 0. The fourth-order valence-electron chi connectivity index (χ4n) is 0.941. The topological polar surface area (TPSA) is 20.2 Å². The Morgan fingerprint density at radius 3 is 2.33 bits per heavy atom. The van der Waals surface area contributed by atoms with Gasteiger partial charge in [-0.1, -0.05) is 12.1 Å². The molecule has 66 valence electrons. The molecule has 0 aliphatic heterocycles. The Hall–Kier alpha value is -0.960. The molecule has 1 N–H and O–H groups in total. The van der Waals surface area contributed by atoms with Crippen molar-refractivity contribution < 1.29 is 13.9 Å². The molecular formula is C9H10F2O. The van der Waals surface area contributed by atoms with Crippen LogP contribution in [-0.4, -0.2) is 17.9 Å². The van der Waals surface area contributed by atoms with Gasteiger partial charge in [0, 0.05) is 6.42 Å². The Morgan fingerprint density at radius 1 is 1.25 bits per heavy atom. The van der Waals surface area contributed by atoms with Crippen LogP contribution in [0.3, 0.4) is 0 Å². The molecule has 0 heterocycles. The largest absolute Gasteiger partial charge is 0.393 e. The molecule has 1 unspecified atom stereocenters. The lowest BCUT2D eigenvalue weighted by atomic mass is 10.1. The minimum absolute atomic E-state index is 0.136. The van der Waals surface area contributed by atoms with E-state index in [0.717, 1.165) is 0 Å². The number of aliphatic hydroxyl groups is 1. The first-order chi connectivity index (χ1) is 5.72. The van der Waals surface area contributed by atoms with E-state index in [4.69, 9.17) is 5.11 Å². The third-order valence-corrected chi connectivity index (χ3v) is 1.57. The van der Waals surface area contributed by atoms with E-state index < -0.39 is 12.8 Å². The van der Waals surface area contributed by atoms with Crippen LogP contribution < -0.4 is 0 Å². The van der Waals surface area contributed by atoms with Crippen molar-refractivity contribution in [2.75, 3.05) is 6.61 Å². The van der Waals surface area contributed by atoms with Crippen molar-refractivity contribution in [3.63, 3.8) is 0 Å². The van der Waals surface area contributed by atoms with Crippen molar-refractivity contribution in [3.05, 3.63) is 35.6 Å². The highest BCUT2D eigenvalue weighted by atomic mass is 19.1. The van der Waals surface area contributed by atoms with Gasteiger partial charge >= 0.3 is 0 Å². The molecule has 0 bridgehead atoms. The Labute approximate surface area is 69.7 Å². The van der Waals surface area contributed by atoms with Crippen LogP contribution in [0.5, 0.6) is 0 Å². The molecule has 0 aliphatic carbocycles. The average Bonchev–Trinajstić information content (AvgIpc) is 2.09. The van der Waals surface area contributed by atoms with E-state index in [2.05, 4.69) is 0 Å². The van der Waals surface area contributed by atoms with E-state index in [0.29, 0.717) is 5.56 Å². The van der Waals surface area contributed by atoms with E-state index in [1.807, 2.05) is 0 Å². The first kappa shape index (κ1) is 9.13. The zero-order valence-corrected chi connectivity index (χ0v) is 6.50. The van der Waals surface area contributed by atoms with Crippen LogP contribution in [0, 0.1) is 5.82 Å². The van der Waals surface area contributed by atoms with Gasteiger partial charge in [-0.3, -0.25) is 0 Å². The molecule has 3 heteroatoms. The Bertz CT molecular complexity index is 233. The molecule has 1 aromatic rings. The Morgan fingerprint density at radius 2 is 1.83 bits per heavy atom. The van der Waals surface area contributed by atoms with Gasteiger partial charge in [0.05, 0.1) is 6.61 Å². The van der Waals surface area contributed by atoms with E-state index in [9.17, 15) is 8.78 Å². The summed E-state index contributed by atoms with van der Waals surface area (Å²) in [6, 6.07) is 5.58. The zero-order valence-electron chi connectivity index (χ0n) is 6.50. The molecular weight excluding hydrogens is 162 g/mol. The van der Waals surface area contributed by atoms with Crippen LogP contribution in [-0.2, 0) is 6.42 Å². The van der Waals surface area contributed by atoms with Crippen molar-refractivity contribution in [2.24, 2.45) is 0 Å². The Balaban J connectivity index is 2.58. The zero-order chi connectivity index (χ0) is 8.97. The van der Waals surface area contributed by atoms with Crippen LogP contribution in [0.2, 0.25) is 0 Å². The molecule has 1 atom stereocenters. The fraction of sp³-hybridized carbons (Fsp3) is 0.333. The highest BCUT2D eigenvalue weighted by molar-refractivity contribution is 5.16. The fourth-order valence-corrected chi connectivity index (χ4v) is 0.941. The summed E-state index contributed by atoms with van der Waals surface area (Å²) >= 11 is 0. The summed E-state index contributed by atoms with van der Waals surface area (Å²) in [6.45, 7) is -0.489. The molecule has 0 fully saturated rings. The average molecular weight is 172 g/mol. The minimum atomic E-state index is -1.25. The van der Waals surface area contributed by atoms with Gasteiger partial charge in [-0.25, -0.2) is 8.78 Å². The molecule has 0 amide bonds. The number of aliphatic hydroxyl groups excluding tert-OH is 1. The third kappa shape index (κ3) is 2.58. The van der Waals surface area contributed by atoms with Gasteiger partial charge < -0.3 is 5.11 Å². The lowest BCUT2D eigenvalue weighted by Gasteiger charge is -2.03. The summed E-state index contributed by atoms with van der Waals surface area (Å²) in [5.74, 6) is -0.335. The Kier molecular flexibility index (Phi) is 3.17. The molecule has 0 saturated carbocycles. The van der Waals surface area contributed by atoms with Crippen molar-refractivity contribution in [1.29, 1.82) is 0 Å². The number of hydrogen-bond donors (Lipinski definition) is 1. The molecule has 1 rings (SSSR count). The van der Waals surface area contributed by atoms with Crippen molar-refractivity contribution in [1.82, 2.24) is 0 Å². The predicted molar refractivity (Wildman–Crippen MR) is 42.1 cm³/mol. The van der Waals surface area contributed by atoms with Gasteiger partial charge in [-0.15, -0.1) is 0 Å². The summed E-state index contributed by atoms with van der Waals surface area (Å²) in [5, 5.41) is 8.40. The van der Waals surface area contributed by atoms with Gasteiger partial charge in [0.1, 0.15) is 12.0 Å². The lowest BCUT2D eigenvalue weighted by molar-refractivity contribution is 0.177. The number of benzene rings is 1. The SMILES string of the molecule is OCC(F)Cc1ccc(F)cc1. The number of halogens is 2. The predicted octanol–water partition coefficient (Wildman–Crippen LogP) is 1.70. The standard InChI is InChI=1S/C9H10F2O/c10-8-3-1-7(2-4-8)5-9(11)6-12/h1-4,9,12H,5-6H2. The maximum atomic E-state index is 12.6. The molecule has 0 aliphatic rings. The van der Waals surface area contributed by atoms with Gasteiger partial charge in [0.25, 0.3) is 0 Å². The quantitative estimate of drug-likeness (QED) is 0.735. The third-order valence-electron chi connectivity index (χ3n) is 1.57. The second-order valence-corrected chi connectivity index (χ2v) is 2.61. The van der Waals surface area contributed by atoms with E-state index in [-0.39, 0.29) is 12.2 Å². The maximum Gasteiger partial charge on any atom is 0.127 e. The highest BCUT2D eigenvalue weighted by Crippen LogP contribution is 2.07. The van der Waals surface area contributed by atoms with Crippen LogP contribution >= 0.6 is 0 Å². The van der Waals surface area contributed by atoms with E-state index in [1.54, 1.807) is 0 Å². The molecule has 0 saturated heterocycles. The van der Waals surface area contributed by atoms with Crippen LogP contribution in [0.15, 0.2) is 24.3 Å². The van der Waals surface area contributed by atoms with Gasteiger partial charge in [-0.2, -0.15) is 0 Å². The van der Waals surface area contributed by atoms with Crippen LogP contribution in [0.1, 0.15) is 5.56 Å². The summed E-state index contributed by atoms with van der Waals surface area (Å²) in [5.41, 5.74) is 0.693. The monoisotopic (exact) mass is 172 g/mol. The van der Waals surface area contributed by atoms with E-state index >= 15 is 0 Å². The normalized spacial score (nSPS) is 12.9. The smallest absolute Gasteiger partial charge is 0.127 e. The van der Waals surface area contributed by atoms with Crippen molar-refractivity contribution in [3.8, 4) is 0 Å². The lowest BCUT2D eigenvalue weighted by Crippen LogP contribution is -2.09. The first-order valence-electron chi connectivity index (χ1n) is 3.71. The second kappa shape index (κ2) is 4.16. The van der Waals surface area contributed by atoms with Crippen molar-refractivity contribution in [2.45, 2.75) is 12.6 Å². The molecule has 0 aromatic heterocycles. The van der Waals surface area contributed by atoms with Crippen LogP contribution in [0.4, 0.5) is 8.78 Å².